The first kappa shape index (κ1) is 16.5. The van der Waals surface area contributed by atoms with Crippen LogP contribution in [0.25, 0.3) is 0 Å². The van der Waals surface area contributed by atoms with Gasteiger partial charge in [-0.1, -0.05) is 18.2 Å². The first-order chi connectivity index (χ1) is 11.5. The van der Waals surface area contributed by atoms with Gasteiger partial charge in [0.05, 0.1) is 5.92 Å². The first-order valence-corrected chi connectivity index (χ1v) is 8.46. The van der Waals surface area contributed by atoms with Gasteiger partial charge < -0.3 is 15.5 Å². The highest BCUT2D eigenvalue weighted by atomic mass is 16.2. The molecule has 2 aliphatic rings. The second-order valence-electron chi connectivity index (χ2n) is 6.59. The van der Waals surface area contributed by atoms with Crippen LogP contribution in [0, 0.1) is 12.8 Å². The molecule has 1 unspecified atom stereocenters. The number of carbonyl (C=O) groups excluding carboxylic acids is 3. The van der Waals surface area contributed by atoms with Crippen LogP contribution >= 0.6 is 0 Å². The normalized spacial score (nSPS) is 21.5. The molecule has 6 nitrogen and oxygen atoms in total. The number of rotatable bonds is 3. The highest BCUT2D eigenvalue weighted by Gasteiger charge is 2.33. The second kappa shape index (κ2) is 7.03. The SMILES string of the molecule is Cc1ccccc1C(=O)NC1CCN(C(=O)C2CNC(=O)C2)CC1. The summed E-state index contributed by atoms with van der Waals surface area (Å²) in [7, 11) is 0. The van der Waals surface area contributed by atoms with Gasteiger partial charge in [0.2, 0.25) is 11.8 Å². The third kappa shape index (κ3) is 3.58. The van der Waals surface area contributed by atoms with Crippen molar-refractivity contribution in [3.05, 3.63) is 35.4 Å². The van der Waals surface area contributed by atoms with Crippen molar-refractivity contribution in [2.24, 2.45) is 5.92 Å². The van der Waals surface area contributed by atoms with E-state index in [1.54, 1.807) is 0 Å². The van der Waals surface area contributed by atoms with Gasteiger partial charge in [-0.05, 0) is 31.4 Å². The Balaban J connectivity index is 1.50. The lowest BCUT2D eigenvalue weighted by atomic mass is 10.0. The molecule has 2 fully saturated rings. The summed E-state index contributed by atoms with van der Waals surface area (Å²) in [5.74, 6) is -0.273. The Bertz CT molecular complexity index is 651. The van der Waals surface area contributed by atoms with E-state index in [2.05, 4.69) is 10.6 Å². The summed E-state index contributed by atoms with van der Waals surface area (Å²) in [6.07, 6.45) is 1.79. The highest BCUT2D eigenvalue weighted by Crippen LogP contribution is 2.18. The van der Waals surface area contributed by atoms with E-state index in [4.69, 9.17) is 0 Å². The smallest absolute Gasteiger partial charge is 0.251 e. The average Bonchev–Trinajstić information content (AvgIpc) is 3.02. The molecule has 0 spiro atoms. The summed E-state index contributed by atoms with van der Waals surface area (Å²) >= 11 is 0. The molecule has 2 saturated heterocycles. The Kier molecular flexibility index (Phi) is 4.83. The summed E-state index contributed by atoms with van der Waals surface area (Å²) < 4.78 is 0. The number of carbonyl (C=O) groups is 3. The Morgan fingerprint density at radius 3 is 2.54 bits per heavy atom. The molecule has 0 aliphatic carbocycles. The van der Waals surface area contributed by atoms with Crippen LogP contribution in [0.15, 0.2) is 24.3 Å². The summed E-state index contributed by atoms with van der Waals surface area (Å²) in [6.45, 7) is 3.62. The summed E-state index contributed by atoms with van der Waals surface area (Å²) in [4.78, 5) is 37.8. The lowest BCUT2D eigenvalue weighted by Gasteiger charge is -2.33. The Hall–Kier alpha value is -2.37. The fourth-order valence-electron chi connectivity index (χ4n) is 3.37. The molecule has 128 valence electrons. The van der Waals surface area contributed by atoms with E-state index in [0.29, 0.717) is 31.6 Å². The predicted octanol–water partition coefficient (Wildman–Crippen LogP) is 0.852. The van der Waals surface area contributed by atoms with E-state index < -0.39 is 0 Å². The van der Waals surface area contributed by atoms with Gasteiger partial charge in [-0.15, -0.1) is 0 Å². The van der Waals surface area contributed by atoms with E-state index in [1.165, 1.54) is 0 Å². The van der Waals surface area contributed by atoms with Crippen molar-refractivity contribution in [3.63, 3.8) is 0 Å². The van der Waals surface area contributed by atoms with Crippen molar-refractivity contribution >= 4 is 17.7 Å². The first-order valence-electron chi connectivity index (χ1n) is 8.46. The molecule has 0 aromatic heterocycles. The van der Waals surface area contributed by atoms with Crippen molar-refractivity contribution in [3.8, 4) is 0 Å². The molecule has 2 heterocycles. The number of benzene rings is 1. The Morgan fingerprint density at radius 1 is 1.21 bits per heavy atom. The molecule has 3 rings (SSSR count). The lowest BCUT2D eigenvalue weighted by molar-refractivity contribution is -0.136. The van der Waals surface area contributed by atoms with E-state index >= 15 is 0 Å². The van der Waals surface area contributed by atoms with Crippen LogP contribution in [0.5, 0.6) is 0 Å². The van der Waals surface area contributed by atoms with Crippen LogP contribution in [0.1, 0.15) is 35.2 Å². The van der Waals surface area contributed by atoms with Crippen LogP contribution < -0.4 is 10.6 Å². The molecule has 1 atom stereocenters. The van der Waals surface area contributed by atoms with Gasteiger partial charge in [0, 0.05) is 37.7 Å². The predicted molar refractivity (Wildman–Crippen MR) is 89.4 cm³/mol. The third-order valence-electron chi connectivity index (χ3n) is 4.86. The van der Waals surface area contributed by atoms with Crippen molar-refractivity contribution in [2.45, 2.75) is 32.2 Å². The summed E-state index contributed by atoms with van der Waals surface area (Å²) in [6, 6.07) is 7.61. The van der Waals surface area contributed by atoms with Crippen molar-refractivity contribution in [1.29, 1.82) is 0 Å². The molecular formula is C18H23N3O3. The quantitative estimate of drug-likeness (QED) is 0.863. The Labute approximate surface area is 141 Å². The molecule has 1 aromatic rings. The van der Waals surface area contributed by atoms with Crippen molar-refractivity contribution in [1.82, 2.24) is 15.5 Å². The number of amides is 3. The number of likely N-dealkylation sites (tertiary alicyclic amines) is 1. The molecule has 2 N–H and O–H groups in total. The second-order valence-corrected chi connectivity index (χ2v) is 6.59. The lowest BCUT2D eigenvalue weighted by Crippen LogP contribution is -2.48. The van der Waals surface area contributed by atoms with Crippen molar-refractivity contribution in [2.75, 3.05) is 19.6 Å². The molecule has 6 heteroatoms. The van der Waals surface area contributed by atoms with E-state index in [-0.39, 0.29) is 29.7 Å². The van der Waals surface area contributed by atoms with Gasteiger partial charge in [-0.25, -0.2) is 0 Å². The highest BCUT2D eigenvalue weighted by molar-refractivity contribution is 5.95. The fourth-order valence-corrected chi connectivity index (χ4v) is 3.37. The van der Waals surface area contributed by atoms with Crippen LogP contribution in [-0.4, -0.2) is 48.3 Å². The number of nitrogens with one attached hydrogen (secondary N) is 2. The molecule has 0 saturated carbocycles. The Morgan fingerprint density at radius 2 is 1.92 bits per heavy atom. The van der Waals surface area contributed by atoms with Crippen LogP contribution in [0.3, 0.4) is 0 Å². The maximum absolute atomic E-state index is 12.4. The van der Waals surface area contributed by atoms with Gasteiger partial charge in [0.15, 0.2) is 0 Å². The molecule has 2 aliphatic heterocycles. The molecule has 1 aromatic carbocycles. The maximum atomic E-state index is 12.4. The molecule has 3 amide bonds. The van der Waals surface area contributed by atoms with Gasteiger partial charge in [0.25, 0.3) is 5.91 Å². The van der Waals surface area contributed by atoms with Crippen LogP contribution in [-0.2, 0) is 9.59 Å². The number of piperidine rings is 1. The molecule has 0 bridgehead atoms. The summed E-state index contributed by atoms with van der Waals surface area (Å²) in [5.41, 5.74) is 1.66. The van der Waals surface area contributed by atoms with Gasteiger partial charge >= 0.3 is 0 Å². The van der Waals surface area contributed by atoms with E-state index in [9.17, 15) is 14.4 Å². The van der Waals surface area contributed by atoms with E-state index in [1.807, 2.05) is 36.1 Å². The maximum Gasteiger partial charge on any atom is 0.251 e. The average molecular weight is 329 g/mol. The van der Waals surface area contributed by atoms with Crippen LogP contribution in [0.4, 0.5) is 0 Å². The van der Waals surface area contributed by atoms with Gasteiger partial charge in [-0.2, -0.15) is 0 Å². The monoisotopic (exact) mass is 329 g/mol. The van der Waals surface area contributed by atoms with E-state index in [0.717, 1.165) is 18.4 Å². The molecular weight excluding hydrogens is 306 g/mol. The number of nitrogens with zero attached hydrogens (tertiary/aromatic N) is 1. The molecule has 0 radical (unpaired) electrons. The zero-order chi connectivity index (χ0) is 17.1. The number of hydrogen-bond donors (Lipinski definition) is 2. The van der Waals surface area contributed by atoms with Crippen LogP contribution in [0.2, 0.25) is 0 Å². The minimum atomic E-state index is -0.226. The fraction of sp³-hybridized carbons (Fsp3) is 0.500. The topological polar surface area (TPSA) is 78.5 Å². The minimum Gasteiger partial charge on any atom is -0.355 e. The minimum absolute atomic E-state index is 0.0475. The number of hydrogen-bond acceptors (Lipinski definition) is 3. The standard InChI is InChI=1S/C18H23N3O3/c1-12-4-2-3-5-15(12)17(23)20-14-6-8-21(9-7-14)18(24)13-10-16(22)19-11-13/h2-5,13-14H,6-11H2,1H3,(H,19,22)(H,20,23). The summed E-state index contributed by atoms with van der Waals surface area (Å²) in [5, 5.41) is 5.77. The van der Waals surface area contributed by atoms with Gasteiger partial charge in [0.1, 0.15) is 0 Å². The third-order valence-corrected chi connectivity index (χ3v) is 4.86. The number of aryl methyl sites for hydroxylation is 1. The zero-order valence-electron chi connectivity index (χ0n) is 13.9. The van der Waals surface area contributed by atoms with Gasteiger partial charge in [-0.3, -0.25) is 14.4 Å². The zero-order valence-corrected chi connectivity index (χ0v) is 13.9. The molecule has 24 heavy (non-hydrogen) atoms. The largest absolute Gasteiger partial charge is 0.355 e. The van der Waals surface area contributed by atoms with Crippen molar-refractivity contribution < 1.29 is 14.4 Å².